The summed E-state index contributed by atoms with van der Waals surface area (Å²) in [6.45, 7) is 2.37. The molecule has 0 aliphatic heterocycles. The summed E-state index contributed by atoms with van der Waals surface area (Å²) in [6.07, 6.45) is 0. The third kappa shape index (κ3) is 2.46. The summed E-state index contributed by atoms with van der Waals surface area (Å²) in [7, 11) is 4.90. The van der Waals surface area contributed by atoms with Crippen molar-refractivity contribution in [3.63, 3.8) is 0 Å². The van der Waals surface area contributed by atoms with E-state index >= 15 is 0 Å². The normalized spacial score (nSPS) is 12.3. The zero-order valence-electron chi connectivity index (χ0n) is 10.2. The summed E-state index contributed by atoms with van der Waals surface area (Å²) >= 11 is 0. The molecule has 4 heteroatoms. The van der Waals surface area contributed by atoms with Gasteiger partial charge in [0.25, 0.3) is 0 Å². The van der Waals surface area contributed by atoms with Gasteiger partial charge in [-0.3, -0.25) is 0 Å². The highest BCUT2D eigenvalue weighted by molar-refractivity contribution is 5.49. The molecule has 0 aromatic heterocycles. The predicted octanol–water partition coefficient (Wildman–Crippen LogP) is 1.87. The number of rotatable bonds is 5. The zero-order chi connectivity index (χ0) is 12.1. The van der Waals surface area contributed by atoms with Crippen LogP contribution in [0.15, 0.2) is 12.1 Å². The van der Waals surface area contributed by atoms with Gasteiger partial charge in [0.15, 0.2) is 0 Å². The molecule has 0 aliphatic rings. The molecule has 0 radical (unpaired) electrons. The predicted molar refractivity (Wildman–Crippen MR) is 62.9 cm³/mol. The molecule has 1 unspecified atom stereocenters. The lowest BCUT2D eigenvalue weighted by atomic mass is 10.00. The number of benzene rings is 1. The summed E-state index contributed by atoms with van der Waals surface area (Å²) in [5.74, 6) is 1.54. The largest absolute Gasteiger partial charge is 0.496 e. The molecule has 0 amide bonds. The Morgan fingerprint density at radius 1 is 1.12 bits per heavy atom. The van der Waals surface area contributed by atoms with Gasteiger partial charge in [-0.05, 0) is 19.1 Å². The number of hydrogen-bond acceptors (Lipinski definition) is 4. The number of hydrogen-bond donors (Lipinski definition) is 1. The van der Waals surface area contributed by atoms with Crippen LogP contribution in [0.25, 0.3) is 0 Å². The summed E-state index contributed by atoms with van der Waals surface area (Å²) in [5, 5.41) is 0. The van der Waals surface area contributed by atoms with Crippen LogP contribution in [-0.2, 0) is 11.3 Å². The van der Waals surface area contributed by atoms with Gasteiger partial charge in [0.2, 0.25) is 0 Å². The van der Waals surface area contributed by atoms with E-state index in [2.05, 4.69) is 0 Å². The minimum Gasteiger partial charge on any atom is -0.496 e. The zero-order valence-corrected chi connectivity index (χ0v) is 10.2. The Kier molecular flexibility index (Phi) is 4.58. The van der Waals surface area contributed by atoms with Crippen molar-refractivity contribution in [2.75, 3.05) is 21.3 Å². The van der Waals surface area contributed by atoms with Gasteiger partial charge in [-0.15, -0.1) is 0 Å². The molecule has 0 heterocycles. The third-order valence-electron chi connectivity index (χ3n) is 2.46. The Morgan fingerprint density at radius 2 is 1.69 bits per heavy atom. The molecule has 1 aromatic rings. The van der Waals surface area contributed by atoms with E-state index in [0.717, 1.165) is 22.6 Å². The molecule has 0 saturated carbocycles. The topological polar surface area (TPSA) is 53.7 Å². The average Bonchev–Trinajstić information content (AvgIpc) is 2.28. The Bertz CT molecular complexity index is 350. The number of nitrogens with two attached hydrogens (primary N) is 1. The SMILES string of the molecule is COCc1c(OC)ccc(OC)c1C(C)N. The van der Waals surface area contributed by atoms with Crippen molar-refractivity contribution < 1.29 is 14.2 Å². The summed E-state index contributed by atoms with van der Waals surface area (Å²) in [6, 6.07) is 3.59. The Labute approximate surface area is 96.3 Å². The van der Waals surface area contributed by atoms with Crippen LogP contribution in [0.1, 0.15) is 24.1 Å². The fraction of sp³-hybridized carbons (Fsp3) is 0.500. The molecule has 0 spiro atoms. The minimum absolute atomic E-state index is 0.129. The molecule has 4 nitrogen and oxygen atoms in total. The van der Waals surface area contributed by atoms with Gasteiger partial charge >= 0.3 is 0 Å². The summed E-state index contributed by atoms with van der Waals surface area (Å²) in [5.41, 5.74) is 7.83. The maximum atomic E-state index is 5.95. The Hall–Kier alpha value is -1.26. The van der Waals surface area contributed by atoms with Crippen LogP contribution >= 0.6 is 0 Å². The Morgan fingerprint density at radius 3 is 2.12 bits per heavy atom. The molecule has 0 bridgehead atoms. The lowest BCUT2D eigenvalue weighted by molar-refractivity contribution is 0.180. The van der Waals surface area contributed by atoms with Gasteiger partial charge in [0.05, 0.1) is 20.8 Å². The van der Waals surface area contributed by atoms with Crippen LogP contribution in [0.4, 0.5) is 0 Å². The second-order valence-corrected chi connectivity index (χ2v) is 3.58. The number of methoxy groups -OCH3 is 3. The lowest BCUT2D eigenvalue weighted by Crippen LogP contribution is -2.12. The third-order valence-corrected chi connectivity index (χ3v) is 2.46. The van der Waals surface area contributed by atoms with Crippen LogP contribution < -0.4 is 15.2 Å². The first-order valence-electron chi connectivity index (χ1n) is 5.14. The van der Waals surface area contributed by atoms with E-state index in [1.807, 2.05) is 19.1 Å². The molecular formula is C12H19NO3. The van der Waals surface area contributed by atoms with E-state index in [1.165, 1.54) is 0 Å². The molecule has 16 heavy (non-hydrogen) atoms. The van der Waals surface area contributed by atoms with Gasteiger partial charge in [-0.2, -0.15) is 0 Å². The number of ether oxygens (including phenoxy) is 3. The Balaban J connectivity index is 3.34. The van der Waals surface area contributed by atoms with Gasteiger partial charge in [0.1, 0.15) is 11.5 Å². The molecule has 1 atom stereocenters. The maximum Gasteiger partial charge on any atom is 0.124 e. The average molecular weight is 225 g/mol. The smallest absolute Gasteiger partial charge is 0.124 e. The van der Waals surface area contributed by atoms with E-state index in [-0.39, 0.29) is 6.04 Å². The van der Waals surface area contributed by atoms with Crippen LogP contribution in [0, 0.1) is 0 Å². The molecule has 0 aliphatic carbocycles. The van der Waals surface area contributed by atoms with E-state index in [0.29, 0.717) is 6.61 Å². The van der Waals surface area contributed by atoms with Crippen molar-refractivity contribution >= 4 is 0 Å². The quantitative estimate of drug-likeness (QED) is 0.831. The maximum absolute atomic E-state index is 5.95. The highest BCUT2D eigenvalue weighted by Crippen LogP contribution is 2.34. The van der Waals surface area contributed by atoms with Crippen LogP contribution in [-0.4, -0.2) is 21.3 Å². The van der Waals surface area contributed by atoms with Crippen molar-refractivity contribution in [1.82, 2.24) is 0 Å². The van der Waals surface area contributed by atoms with Crippen molar-refractivity contribution in [1.29, 1.82) is 0 Å². The first kappa shape index (κ1) is 12.8. The monoisotopic (exact) mass is 225 g/mol. The van der Waals surface area contributed by atoms with E-state index < -0.39 is 0 Å². The molecule has 1 rings (SSSR count). The molecule has 2 N–H and O–H groups in total. The van der Waals surface area contributed by atoms with Gasteiger partial charge in [-0.25, -0.2) is 0 Å². The van der Waals surface area contributed by atoms with Crippen molar-refractivity contribution in [3.05, 3.63) is 23.3 Å². The first-order valence-corrected chi connectivity index (χ1v) is 5.14. The highest BCUT2D eigenvalue weighted by atomic mass is 16.5. The van der Waals surface area contributed by atoms with Crippen LogP contribution in [0.3, 0.4) is 0 Å². The lowest BCUT2D eigenvalue weighted by Gasteiger charge is -2.19. The minimum atomic E-state index is -0.129. The molecule has 90 valence electrons. The van der Waals surface area contributed by atoms with Gasteiger partial charge in [0, 0.05) is 24.3 Å². The second-order valence-electron chi connectivity index (χ2n) is 3.58. The van der Waals surface area contributed by atoms with Gasteiger partial charge < -0.3 is 19.9 Å². The molecule has 1 aromatic carbocycles. The standard InChI is InChI=1S/C12H19NO3/c1-8(13)12-9(7-14-2)10(15-3)5-6-11(12)16-4/h5-6,8H,7,13H2,1-4H3. The first-order chi connectivity index (χ1) is 7.65. The molecular weight excluding hydrogens is 206 g/mol. The van der Waals surface area contributed by atoms with Crippen LogP contribution in [0.5, 0.6) is 11.5 Å². The summed E-state index contributed by atoms with van der Waals surface area (Å²) in [4.78, 5) is 0. The fourth-order valence-corrected chi connectivity index (χ4v) is 1.78. The fourth-order valence-electron chi connectivity index (χ4n) is 1.78. The second kappa shape index (κ2) is 5.72. The van der Waals surface area contributed by atoms with Gasteiger partial charge in [-0.1, -0.05) is 0 Å². The molecule has 0 fully saturated rings. The van der Waals surface area contributed by atoms with E-state index in [1.54, 1.807) is 21.3 Å². The highest BCUT2D eigenvalue weighted by Gasteiger charge is 2.17. The van der Waals surface area contributed by atoms with Crippen molar-refractivity contribution in [3.8, 4) is 11.5 Å². The van der Waals surface area contributed by atoms with E-state index in [4.69, 9.17) is 19.9 Å². The van der Waals surface area contributed by atoms with Crippen molar-refractivity contribution in [2.24, 2.45) is 5.73 Å². The van der Waals surface area contributed by atoms with Crippen LogP contribution in [0.2, 0.25) is 0 Å². The van der Waals surface area contributed by atoms with Crippen molar-refractivity contribution in [2.45, 2.75) is 19.6 Å². The molecule has 0 saturated heterocycles. The van der Waals surface area contributed by atoms with E-state index in [9.17, 15) is 0 Å². The summed E-state index contributed by atoms with van der Waals surface area (Å²) < 4.78 is 15.8.